The van der Waals surface area contributed by atoms with E-state index in [-0.39, 0.29) is 11.9 Å². The van der Waals surface area contributed by atoms with Gasteiger partial charge in [0.05, 0.1) is 11.1 Å². The lowest BCUT2D eigenvalue weighted by Gasteiger charge is -2.27. The molecular weight excluding hydrogens is 473 g/mol. The molecule has 2 aliphatic rings. The van der Waals surface area contributed by atoms with Crippen molar-refractivity contribution in [3.8, 4) is 11.3 Å². The van der Waals surface area contributed by atoms with Crippen molar-refractivity contribution in [3.63, 3.8) is 0 Å². The first kappa shape index (κ1) is 25.2. The van der Waals surface area contributed by atoms with Crippen molar-refractivity contribution in [3.05, 3.63) is 47.5 Å². The van der Waals surface area contributed by atoms with Crippen LogP contribution in [0, 0.1) is 11.2 Å². The molecule has 2 aromatic heterocycles. The van der Waals surface area contributed by atoms with E-state index in [9.17, 15) is 14.7 Å². The first-order valence-corrected chi connectivity index (χ1v) is 13.2. The van der Waals surface area contributed by atoms with Gasteiger partial charge in [-0.2, -0.15) is 5.10 Å². The van der Waals surface area contributed by atoms with Crippen molar-refractivity contribution >= 4 is 23.2 Å². The minimum Gasteiger partial charge on any atom is -0.481 e. The third kappa shape index (κ3) is 4.67. The first-order valence-electron chi connectivity index (χ1n) is 13.2. The number of carbonyl (C=O) groups excluding carboxylic acids is 1. The minimum atomic E-state index is -0.834. The highest BCUT2D eigenvalue weighted by Crippen LogP contribution is 2.35. The minimum absolute atomic E-state index is 0.0659. The molecule has 2 atom stereocenters. The summed E-state index contributed by atoms with van der Waals surface area (Å²) in [6.45, 7) is 7.45. The molecule has 0 spiro atoms. The van der Waals surface area contributed by atoms with Crippen LogP contribution in [-0.2, 0) is 11.2 Å². The summed E-state index contributed by atoms with van der Waals surface area (Å²) < 4.78 is 17.0. The maximum absolute atomic E-state index is 15.3. The number of carbonyl (C=O) groups is 2. The zero-order valence-electron chi connectivity index (χ0n) is 21.7. The molecule has 2 aliphatic heterocycles. The molecular formula is C28H34FN5O3. The fourth-order valence-electron chi connectivity index (χ4n) is 5.52. The topological polar surface area (TPSA) is 91.0 Å². The Morgan fingerprint density at radius 1 is 1.16 bits per heavy atom. The van der Waals surface area contributed by atoms with Crippen LogP contribution in [0.5, 0.6) is 0 Å². The van der Waals surface area contributed by atoms with Gasteiger partial charge in [0, 0.05) is 48.7 Å². The van der Waals surface area contributed by atoms with Crippen LogP contribution in [0.1, 0.15) is 69.1 Å². The van der Waals surface area contributed by atoms with E-state index in [0.29, 0.717) is 54.2 Å². The Bertz CT molecular complexity index is 1360. The second-order valence-corrected chi connectivity index (χ2v) is 10.7. The zero-order chi connectivity index (χ0) is 26.3. The van der Waals surface area contributed by atoms with E-state index in [1.54, 1.807) is 35.7 Å². The average Bonchev–Trinajstić information content (AvgIpc) is 3.43. The molecule has 0 radical (unpaired) electrons. The molecule has 1 N–H and O–H groups in total. The fourth-order valence-corrected chi connectivity index (χ4v) is 5.52. The molecule has 0 saturated carbocycles. The van der Waals surface area contributed by atoms with Crippen LogP contribution in [0.4, 0.5) is 10.1 Å². The number of aromatic nitrogens is 3. The number of nitrogens with zero attached hydrogens (tertiary/aromatic N) is 5. The first-order chi connectivity index (χ1) is 17.7. The Labute approximate surface area is 216 Å². The highest BCUT2D eigenvalue weighted by Gasteiger charge is 2.40. The molecule has 0 bridgehead atoms. The molecule has 37 heavy (non-hydrogen) atoms. The standard InChI is InChI=1S/C28H34FN5O3/c1-4-19-15-24(26(35)33-12-7-5-6-8-18(33)2)30-25-16-23(31-34(19)25)21-10-9-20(14-22(21)29)32-13-11-28(3,17-32)27(36)37/h9-10,14-16,18H,4-8,11-13,17H2,1-3H3,(H,36,37)/t18-,28+/m1/s1. The largest absolute Gasteiger partial charge is 0.481 e. The lowest BCUT2D eigenvalue weighted by molar-refractivity contribution is -0.146. The van der Waals surface area contributed by atoms with Gasteiger partial charge in [-0.3, -0.25) is 9.59 Å². The van der Waals surface area contributed by atoms with Crippen molar-refractivity contribution < 1.29 is 19.1 Å². The molecule has 1 amide bonds. The number of anilines is 1. The van der Waals surface area contributed by atoms with E-state index >= 15 is 4.39 Å². The van der Waals surface area contributed by atoms with Crippen LogP contribution in [0.3, 0.4) is 0 Å². The van der Waals surface area contributed by atoms with Crippen LogP contribution in [0.15, 0.2) is 30.3 Å². The van der Waals surface area contributed by atoms with E-state index in [2.05, 4.69) is 17.0 Å². The number of fused-ring (bicyclic) bond motifs is 1. The molecule has 1 aromatic carbocycles. The third-order valence-corrected chi connectivity index (χ3v) is 7.98. The van der Waals surface area contributed by atoms with E-state index in [1.807, 2.05) is 16.7 Å². The Morgan fingerprint density at radius 3 is 2.68 bits per heavy atom. The van der Waals surface area contributed by atoms with E-state index in [0.717, 1.165) is 37.9 Å². The van der Waals surface area contributed by atoms with Gasteiger partial charge in [-0.1, -0.05) is 19.8 Å². The summed E-state index contributed by atoms with van der Waals surface area (Å²) in [6.07, 6.45) is 5.42. The van der Waals surface area contributed by atoms with Crippen LogP contribution >= 0.6 is 0 Å². The van der Waals surface area contributed by atoms with Gasteiger partial charge in [0.2, 0.25) is 0 Å². The maximum atomic E-state index is 15.3. The van der Waals surface area contributed by atoms with E-state index < -0.39 is 17.2 Å². The number of carboxylic acid groups (broad SMARTS) is 1. The Balaban J connectivity index is 1.45. The number of aliphatic carboxylic acids is 1. The molecule has 8 nitrogen and oxygen atoms in total. The summed E-state index contributed by atoms with van der Waals surface area (Å²) >= 11 is 0. The van der Waals surface area contributed by atoms with E-state index in [1.165, 1.54) is 6.07 Å². The number of carboxylic acids is 1. The Hall–Kier alpha value is -3.49. The highest BCUT2D eigenvalue weighted by atomic mass is 19.1. The second-order valence-electron chi connectivity index (χ2n) is 10.7. The van der Waals surface area contributed by atoms with Crippen molar-refractivity contribution in [2.75, 3.05) is 24.5 Å². The van der Waals surface area contributed by atoms with Gasteiger partial charge in [0.15, 0.2) is 5.65 Å². The van der Waals surface area contributed by atoms with Crippen molar-refractivity contribution in [2.24, 2.45) is 5.41 Å². The van der Waals surface area contributed by atoms with Gasteiger partial charge in [-0.25, -0.2) is 13.9 Å². The smallest absolute Gasteiger partial charge is 0.311 e. The SMILES string of the molecule is CCc1cc(C(=O)N2CCCCC[C@H]2C)nc2cc(-c3ccc(N4CC[C@](C)(C(=O)O)C4)cc3F)nn12. The predicted molar refractivity (Wildman–Crippen MR) is 139 cm³/mol. The quantitative estimate of drug-likeness (QED) is 0.533. The number of aryl methyl sites for hydroxylation is 1. The monoisotopic (exact) mass is 507 g/mol. The Kier molecular flexibility index (Phi) is 6.64. The summed E-state index contributed by atoms with van der Waals surface area (Å²) in [7, 11) is 0. The third-order valence-electron chi connectivity index (χ3n) is 7.98. The molecule has 2 saturated heterocycles. The van der Waals surface area contributed by atoms with Gasteiger partial charge >= 0.3 is 5.97 Å². The fraction of sp³-hybridized carbons (Fsp3) is 0.500. The van der Waals surface area contributed by atoms with Crippen LogP contribution in [0.25, 0.3) is 16.9 Å². The molecule has 2 fully saturated rings. The average molecular weight is 508 g/mol. The molecule has 3 aromatic rings. The molecule has 5 rings (SSSR count). The van der Waals surface area contributed by atoms with Gasteiger partial charge in [0.25, 0.3) is 5.91 Å². The normalized spacial score (nSPS) is 22.4. The number of hydrogen-bond donors (Lipinski definition) is 1. The van der Waals surface area contributed by atoms with Crippen LogP contribution in [-0.4, -0.2) is 62.2 Å². The lowest BCUT2D eigenvalue weighted by Crippen LogP contribution is -2.38. The number of halogens is 1. The van der Waals surface area contributed by atoms with Crippen molar-refractivity contribution in [1.29, 1.82) is 0 Å². The molecule has 4 heterocycles. The molecule has 0 unspecified atom stereocenters. The van der Waals surface area contributed by atoms with Gasteiger partial charge in [0.1, 0.15) is 11.5 Å². The van der Waals surface area contributed by atoms with Gasteiger partial charge in [-0.05, 0) is 63.8 Å². The van der Waals surface area contributed by atoms with E-state index in [4.69, 9.17) is 0 Å². The highest BCUT2D eigenvalue weighted by molar-refractivity contribution is 5.93. The molecule has 196 valence electrons. The summed E-state index contributed by atoms with van der Waals surface area (Å²) in [6, 6.07) is 8.62. The summed E-state index contributed by atoms with van der Waals surface area (Å²) in [5, 5.41) is 14.1. The van der Waals surface area contributed by atoms with Gasteiger partial charge < -0.3 is 14.9 Å². The Morgan fingerprint density at radius 2 is 1.97 bits per heavy atom. The lowest BCUT2D eigenvalue weighted by atomic mass is 9.90. The summed E-state index contributed by atoms with van der Waals surface area (Å²) in [5.41, 5.74) is 2.35. The number of hydrogen-bond acceptors (Lipinski definition) is 5. The van der Waals surface area contributed by atoms with Crippen LogP contribution in [0.2, 0.25) is 0 Å². The number of amides is 1. The number of rotatable bonds is 5. The summed E-state index contributed by atoms with van der Waals surface area (Å²) in [5.74, 6) is -1.33. The zero-order valence-corrected chi connectivity index (χ0v) is 21.7. The number of benzene rings is 1. The molecule has 0 aliphatic carbocycles. The molecule has 9 heteroatoms. The predicted octanol–water partition coefficient (Wildman–Crippen LogP) is 4.80. The van der Waals surface area contributed by atoms with Crippen molar-refractivity contribution in [1.82, 2.24) is 19.5 Å². The van der Waals surface area contributed by atoms with Crippen LogP contribution < -0.4 is 4.90 Å². The second kappa shape index (κ2) is 9.76. The number of likely N-dealkylation sites (tertiary alicyclic amines) is 1. The van der Waals surface area contributed by atoms with Gasteiger partial charge in [-0.15, -0.1) is 0 Å². The van der Waals surface area contributed by atoms with Crippen molar-refractivity contribution in [2.45, 2.75) is 65.3 Å². The summed E-state index contributed by atoms with van der Waals surface area (Å²) in [4.78, 5) is 33.4. The maximum Gasteiger partial charge on any atom is 0.311 e.